The second kappa shape index (κ2) is 4.16. The minimum Gasteiger partial charge on any atom is -0.508 e. The standard InChI is InChI=1S/C7H7O4P/c8-7-3-1-6(2-4-7)5-11-12(9)10/h1-4H,5H2,(H-,8,9,10)/p+1. The summed E-state index contributed by atoms with van der Waals surface area (Å²) in [4.78, 5) is 8.31. The van der Waals surface area contributed by atoms with Crippen molar-refractivity contribution in [1.29, 1.82) is 0 Å². The van der Waals surface area contributed by atoms with E-state index >= 15 is 0 Å². The molecule has 0 saturated carbocycles. The first-order chi connectivity index (χ1) is 5.68. The molecule has 0 fully saturated rings. The fraction of sp³-hybridized carbons (Fsp3) is 0.143. The van der Waals surface area contributed by atoms with E-state index in [0.29, 0.717) is 0 Å². The molecule has 5 heteroatoms. The SMILES string of the molecule is O=[P+](O)OCc1ccc(O)cc1. The van der Waals surface area contributed by atoms with Crippen LogP contribution in [0.4, 0.5) is 0 Å². The van der Waals surface area contributed by atoms with Gasteiger partial charge in [-0.25, -0.2) is 0 Å². The van der Waals surface area contributed by atoms with Gasteiger partial charge >= 0.3 is 8.25 Å². The van der Waals surface area contributed by atoms with Gasteiger partial charge in [-0.05, 0) is 17.7 Å². The van der Waals surface area contributed by atoms with Crippen LogP contribution in [-0.2, 0) is 15.7 Å². The summed E-state index contributed by atoms with van der Waals surface area (Å²) in [5.41, 5.74) is 0.741. The van der Waals surface area contributed by atoms with E-state index in [2.05, 4.69) is 4.52 Å². The molecule has 0 saturated heterocycles. The van der Waals surface area contributed by atoms with E-state index in [9.17, 15) is 4.57 Å². The molecule has 0 aliphatic rings. The third kappa shape index (κ3) is 2.96. The molecule has 2 N–H and O–H groups in total. The van der Waals surface area contributed by atoms with Crippen LogP contribution in [0.2, 0.25) is 0 Å². The second-order valence-electron chi connectivity index (χ2n) is 2.18. The molecular weight excluding hydrogens is 179 g/mol. The molecule has 1 atom stereocenters. The Morgan fingerprint density at radius 1 is 1.33 bits per heavy atom. The zero-order chi connectivity index (χ0) is 8.97. The third-order valence-electron chi connectivity index (χ3n) is 1.28. The van der Waals surface area contributed by atoms with E-state index in [1.54, 1.807) is 12.1 Å². The van der Waals surface area contributed by atoms with E-state index in [1.165, 1.54) is 12.1 Å². The first kappa shape index (κ1) is 9.13. The first-order valence-corrected chi connectivity index (χ1v) is 4.38. The van der Waals surface area contributed by atoms with E-state index in [4.69, 9.17) is 10.00 Å². The Labute approximate surface area is 70.4 Å². The van der Waals surface area contributed by atoms with Crippen LogP contribution in [0.15, 0.2) is 24.3 Å². The molecule has 1 aromatic rings. The topological polar surface area (TPSA) is 66.8 Å². The van der Waals surface area contributed by atoms with E-state index in [1.807, 2.05) is 0 Å². The summed E-state index contributed by atoms with van der Waals surface area (Å²) >= 11 is 0. The van der Waals surface area contributed by atoms with Crippen molar-refractivity contribution in [3.63, 3.8) is 0 Å². The lowest BCUT2D eigenvalue weighted by atomic mass is 10.2. The zero-order valence-electron chi connectivity index (χ0n) is 6.17. The lowest BCUT2D eigenvalue weighted by molar-refractivity contribution is 0.272. The van der Waals surface area contributed by atoms with Crippen LogP contribution in [0.5, 0.6) is 5.75 Å². The van der Waals surface area contributed by atoms with E-state index in [0.717, 1.165) is 5.56 Å². The van der Waals surface area contributed by atoms with Crippen molar-refractivity contribution in [2.45, 2.75) is 6.61 Å². The predicted molar refractivity (Wildman–Crippen MR) is 42.7 cm³/mol. The van der Waals surface area contributed by atoms with Crippen LogP contribution in [0, 0.1) is 0 Å². The van der Waals surface area contributed by atoms with Crippen LogP contribution in [0.25, 0.3) is 0 Å². The van der Waals surface area contributed by atoms with Gasteiger partial charge in [-0.1, -0.05) is 12.1 Å². The molecular formula is C7H8O4P+. The highest BCUT2D eigenvalue weighted by Gasteiger charge is 2.11. The summed E-state index contributed by atoms with van der Waals surface area (Å²) in [5.74, 6) is 0.159. The van der Waals surface area contributed by atoms with Gasteiger partial charge in [0, 0.05) is 4.57 Å². The predicted octanol–water partition coefficient (Wildman–Crippen LogP) is 1.56. The van der Waals surface area contributed by atoms with Crippen molar-refractivity contribution >= 4 is 8.25 Å². The van der Waals surface area contributed by atoms with Crippen LogP contribution in [-0.4, -0.2) is 10.00 Å². The highest BCUT2D eigenvalue weighted by Crippen LogP contribution is 2.18. The average Bonchev–Trinajstić information content (AvgIpc) is 2.03. The summed E-state index contributed by atoms with van der Waals surface area (Å²) in [7, 11) is -2.54. The minimum absolute atomic E-state index is 0.0754. The molecule has 12 heavy (non-hydrogen) atoms. The van der Waals surface area contributed by atoms with Crippen molar-refractivity contribution in [3.05, 3.63) is 29.8 Å². The van der Waals surface area contributed by atoms with Crippen molar-refractivity contribution in [3.8, 4) is 5.75 Å². The number of aromatic hydroxyl groups is 1. The van der Waals surface area contributed by atoms with E-state index in [-0.39, 0.29) is 12.4 Å². The Balaban J connectivity index is 2.53. The van der Waals surface area contributed by atoms with Gasteiger partial charge in [0.15, 0.2) is 0 Å². The third-order valence-corrected chi connectivity index (χ3v) is 1.63. The van der Waals surface area contributed by atoms with Crippen LogP contribution >= 0.6 is 8.25 Å². The van der Waals surface area contributed by atoms with Gasteiger partial charge in [-0.15, -0.1) is 9.42 Å². The van der Waals surface area contributed by atoms with Gasteiger partial charge in [0.05, 0.1) is 0 Å². The molecule has 0 heterocycles. The molecule has 1 unspecified atom stereocenters. The van der Waals surface area contributed by atoms with Crippen LogP contribution in [0.3, 0.4) is 0 Å². The van der Waals surface area contributed by atoms with Gasteiger partial charge < -0.3 is 5.11 Å². The number of hydrogen-bond acceptors (Lipinski definition) is 3. The Bertz CT molecular complexity index is 269. The van der Waals surface area contributed by atoms with Gasteiger partial charge in [0.25, 0.3) is 0 Å². The number of hydrogen-bond donors (Lipinski definition) is 2. The minimum atomic E-state index is -2.54. The van der Waals surface area contributed by atoms with Crippen molar-refractivity contribution in [1.82, 2.24) is 0 Å². The van der Waals surface area contributed by atoms with Crippen molar-refractivity contribution in [2.75, 3.05) is 0 Å². The highest BCUT2D eigenvalue weighted by molar-refractivity contribution is 7.32. The second-order valence-corrected chi connectivity index (χ2v) is 2.91. The Kier molecular flexibility index (Phi) is 3.17. The molecule has 64 valence electrons. The summed E-state index contributed by atoms with van der Waals surface area (Å²) in [6, 6.07) is 6.22. The monoisotopic (exact) mass is 187 g/mol. The number of rotatable bonds is 3. The Hall–Kier alpha value is -0.960. The van der Waals surface area contributed by atoms with Crippen LogP contribution < -0.4 is 0 Å². The molecule has 1 aromatic carbocycles. The lowest BCUT2D eigenvalue weighted by Gasteiger charge is -1.94. The number of benzene rings is 1. The van der Waals surface area contributed by atoms with Gasteiger partial charge in [0.1, 0.15) is 12.4 Å². The first-order valence-electron chi connectivity index (χ1n) is 3.25. The normalized spacial score (nSPS) is 11.2. The van der Waals surface area contributed by atoms with E-state index < -0.39 is 8.25 Å². The molecule has 1 rings (SSSR count). The molecule has 0 aliphatic heterocycles. The van der Waals surface area contributed by atoms with Crippen molar-refractivity contribution < 1.29 is 19.1 Å². The highest BCUT2D eigenvalue weighted by atomic mass is 31.1. The molecule has 0 aliphatic carbocycles. The Morgan fingerprint density at radius 2 is 1.92 bits per heavy atom. The van der Waals surface area contributed by atoms with Crippen LogP contribution in [0.1, 0.15) is 5.56 Å². The summed E-state index contributed by atoms with van der Waals surface area (Å²) < 4.78 is 14.6. The smallest absolute Gasteiger partial charge is 0.508 e. The molecule has 0 spiro atoms. The number of phenolic OH excluding ortho intramolecular Hbond substituents is 1. The molecule has 0 amide bonds. The summed E-state index contributed by atoms with van der Waals surface area (Å²) in [6.07, 6.45) is 0. The number of phenols is 1. The molecule has 0 bridgehead atoms. The Morgan fingerprint density at radius 3 is 2.42 bits per heavy atom. The maximum absolute atomic E-state index is 10.1. The summed E-state index contributed by atoms with van der Waals surface area (Å²) in [6.45, 7) is 0.0754. The van der Waals surface area contributed by atoms with Gasteiger partial charge in [-0.3, -0.25) is 0 Å². The molecule has 0 aromatic heterocycles. The maximum Gasteiger partial charge on any atom is 0.695 e. The summed E-state index contributed by atoms with van der Waals surface area (Å²) in [5, 5.41) is 8.89. The van der Waals surface area contributed by atoms with Gasteiger partial charge in [-0.2, -0.15) is 0 Å². The van der Waals surface area contributed by atoms with Crippen molar-refractivity contribution in [2.24, 2.45) is 0 Å². The molecule has 0 radical (unpaired) electrons. The fourth-order valence-corrected chi connectivity index (χ4v) is 0.981. The quantitative estimate of drug-likeness (QED) is 0.704. The maximum atomic E-state index is 10.1. The lowest BCUT2D eigenvalue weighted by Crippen LogP contribution is -1.83. The zero-order valence-corrected chi connectivity index (χ0v) is 7.07. The fourth-order valence-electron chi connectivity index (χ4n) is 0.722. The molecule has 4 nitrogen and oxygen atoms in total. The van der Waals surface area contributed by atoms with Gasteiger partial charge in [0.2, 0.25) is 0 Å². The average molecular weight is 187 g/mol. The largest absolute Gasteiger partial charge is 0.695 e.